The van der Waals surface area contributed by atoms with Crippen molar-refractivity contribution in [1.82, 2.24) is 9.36 Å². The number of carbonyl (C=O) groups excluding carboxylic acids is 1. The minimum Gasteiger partial charge on any atom is -0.506 e. The predicted molar refractivity (Wildman–Crippen MR) is 137 cm³/mol. The number of amides is 1. The Hall–Kier alpha value is -4.35. The Bertz CT molecular complexity index is 1590. The second-order valence-corrected chi connectivity index (χ2v) is 9.76. The zero-order valence-electron chi connectivity index (χ0n) is 19.6. The molecule has 5 N–H and O–H groups in total. The second-order valence-electron chi connectivity index (χ2n) is 8.08. The monoisotopic (exact) mass is 507 g/mol. The summed E-state index contributed by atoms with van der Waals surface area (Å²) in [7, 11) is -2.46. The third-order valence-corrected chi connectivity index (χ3v) is 7.13. The number of para-hydroxylation sites is 1. The molecule has 4 aromatic rings. The number of aromatic nitrogens is 2. The number of rotatable bonds is 7. The molecule has 0 saturated carbocycles. The summed E-state index contributed by atoms with van der Waals surface area (Å²) in [4.78, 5) is 25.5. The van der Waals surface area contributed by atoms with E-state index in [1.807, 2.05) is 6.07 Å². The van der Waals surface area contributed by atoms with E-state index < -0.39 is 21.5 Å². The highest BCUT2D eigenvalue weighted by Gasteiger charge is 2.23. The third kappa shape index (κ3) is 4.74. The van der Waals surface area contributed by atoms with Crippen LogP contribution >= 0.6 is 0 Å². The number of nitrogens with zero attached hydrogens (tertiary/aromatic N) is 2. The highest BCUT2D eigenvalue weighted by Crippen LogP contribution is 2.25. The summed E-state index contributed by atoms with van der Waals surface area (Å²) in [6, 6.07) is 18.7. The number of benzene rings is 3. The van der Waals surface area contributed by atoms with Gasteiger partial charge in [-0.2, -0.15) is 0 Å². The molecular weight excluding hydrogens is 482 g/mol. The zero-order valence-corrected chi connectivity index (χ0v) is 20.4. The van der Waals surface area contributed by atoms with Crippen molar-refractivity contribution in [2.45, 2.75) is 18.4 Å². The molecule has 10 nitrogen and oxygen atoms in total. The van der Waals surface area contributed by atoms with Crippen molar-refractivity contribution in [2.24, 2.45) is 12.8 Å². The fourth-order valence-corrected chi connectivity index (χ4v) is 4.78. The van der Waals surface area contributed by atoms with E-state index in [1.165, 1.54) is 41.1 Å². The van der Waals surface area contributed by atoms with E-state index in [2.05, 4.69) is 10.0 Å². The molecule has 1 amide bonds. The summed E-state index contributed by atoms with van der Waals surface area (Å²) >= 11 is 0. The van der Waals surface area contributed by atoms with Crippen LogP contribution < -0.4 is 21.3 Å². The van der Waals surface area contributed by atoms with Crippen LogP contribution in [0.5, 0.6) is 5.75 Å². The van der Waals surface area contributed by atoms with Crippen molar-refractivity contribution in [2.75, 3.05) is 10.0 Å². The number of hydrogen-bond acceptors (Lipinski definition) is 6. The lowest BCUT2D eigenvalue weighted by atomic mass is 10.1. The van der Waals surface area contributed by atoms with Crippen LogP contribution in [0.15, 0.2) is 82.5 Å². The van der Waals surface area contributed by atoms with E-state index in [1.54, 1.807) is 49.0 Å². The van der Waals surface area contributed by atoms with E-state index in [4.69, 9.17) is 5.73 Å². The van der Waals surface area contributed by atoms with Crippen LogP contribution in [0.2, 0.25) is 0 Å². The summed E-state index contributed by atoms with van der Waals surface area (Å²) in [5.74, 6) is -0.665. The molecule has 0 fully saturated rings. The maximum Gasteiger partial charge on any atom is 0.296 e. The van der Waals surface area contributed by atoms with Gasteiger partial charge in [0.05, 0.1) is 22.0 Å². The molecule has 0 aliphatic heterocycles. The van der Waals surface area contributed by atoms with Crippen molar-refractivity contribution >= 4 is 27.3 Å². The topological polar surface area (TPSA) is 148 Å². The maximum absolute atomic E-state index is 13.0. The van der Waals surface area contributed by atoms with Gasteiger partial charge in [-0.3, -0.25) is 19.0 Å². The Morgan fingerprint density at radius 2 is 1.69 bits per heavy atom. The number of nitrogens with one attached hydrogen (secondary N) is 2. The molecule has 186 valence electrons. The molecular formula is C25H25N5O5S. The molecule has 0 unspecified atom stereocenters. The highest BCUT2D eigenvalue weighted by atomic mass is 32.2. The zero-order chi connectivity index (χ0) is 26.0. The molecule has 0 aliphatic carbocycles. The first kappa shape index (κ1) is 24.8. The molecule has 36 heavy (non-hydrogen) atoms. The Morgan fingerprint density at radius 3 is 2.31 bits per heavy atom. The molecule has 0 spiro atoms. The van der Waals surface area contributed by atoms with Gasteiger partial charge in [0.2, 0.25) is 0 Å². The molecule has 0 aliphatic rings. The van der Waals surface area contributed by atoms with Crippen LogP contribution in [-0.4, -0.2) is 28.8 Å². The van der Waals surface area contributed by atoms with Crippen LogP contribution in [0.25, 0.3) is 5.69 Å². The Labute approximate surface area is 207 Å². The first-order valence-corrected chi connectivity index (χ1v) is 12.4. The average molecular weight is 508 g/mol. The molecule has 11 heteroatoms. The van der Waals surface area contributed by atoms with Crippen molar-refractivity contribution in [3.63, 3.8) is 0 Å². The standard InChI is InChI=1S/C25H25N5O5S/c1-16-23(25(33)30(29(16)2)19-6-4-3-5-7-19)28-36(34,35)20-11-9-18(10-12-20)24(32)27-21-13-8-17(15-26)14-22(21)31/h3-14,28,31H,15,26H2,1-2H3,(H,27,32). The smallest absolute Gasteiger partial charge is 0.296 e. The number of phenols is 1. The summed E-state index contributed by atoms with van der Waals surface area (Å²) < 4.78 is 31.4. The Kier molecular flexibility index (Phi) is 6.69. The molecule has 3 aromatic carbocycles. The van der Waals surface area contributed by atoms with Crippen LogP contribution in [0.3, 0.4) is 0 Å². The fourth-order valence-electron chi connectivity index (χ4n) is 3.67. The fraction of sp³-hybridized carbons (Fsp3) is 0.120. The molecule has 1 heterocycles. The van der Waals surface area contributed by atoms with Gasteiger partial charge in [-0.15, -0.1) is 0 Å². The SMILES string of the molecule is Cc1c(NS(=O)(=O)c2ccc(C(=O)Nc3ccc(CN)cc3O)cc2)c(=O)n(-c2ccccc2)n1C. The summed E-state index contributed by atoms with van der Waals surface area (Å²) in [6.45, 7) is 1.88. The van der Waals surface area contributed by atoms with E-state index >= 15 is 0 Å². The number of phenolic OH excluding ortho intramolecular Hbond substituents is 1. The van der Waals surface area contributed by atoms with Gasteiger partial charge in [0.1, 0.15) is 11.4 Å². The summed E-state index contributed by atoms with van der Waals surface area (Å²) in [5.41, 5.74) is 7.07. The molecule has 1 aromatic heterocycles. The van der Waals surface area contributed by atoms with Gasteiger partial charge in [-0.05, 0) is 61.0 Å². The number of nitrogens with two attached hydrogens (primary N) is 1. The number of sulfonamides is 1. The number of carbonyl (C=O) groups is 1. The van der Waals surface area contributed by atoms with Gasteiger partial charge in [-0.1, -0.05) is 24.3 Å². The van der Waals surface area contributed by atoms with Crippen LogP contribution in [-0.2, 0) is 23.6 Å². The minimum absolute atomic E-state index is 0.0698. The molecule has 0 bridgehead atoms. The first-order chi connectivity index (χ1) is 17.1. The van der Waals surface area contributed by atoms with E-state index in [9.17, 15) is 23.1 Å². The number of aromatic hydroxyl groups is 1. The Morgan fingerprint density at radius 1 is 1.03 bits per heavy atom. The van der Waals surface area contributed by atoms with Crippen molar-refractivity contribution in [3.8, 4) is 11.4 Å². The minimum atomic E-state index is -4.12. The van der Waals surface area contributed by atoms with Crippen LogP contribution in [0.4, 0.5) is 11.4 Å². The van der Waals surface area contributed by atoms with Crippen molar-refractivity contribution in [1.29, 1.82) is 0 Å². The van der Waals surface area contributed by atoms with Gasteiger partial charge < -0.3 is 16.2 Å². The quantitative estimate of drug-likeness (QED) is 0.283. The number of anilines is 2. The van der Waals surface area contributed by atoms with Gasteiger partial charge in [0.25, 0.3) is 21.5 Å². The summed E-state index contributed by atoms with van der Waals surface area (Å²) in [5, 5.41) is 12.6. The molecule has 0 radical (unpaired) electrons. The normalized spacial score (nSPS) is 11.3. The highest BCUT2D eigenvalue weighted by molar-refractivity contribution is 7.92. The van der Waals surface area contributed by atoms with Gasteiger partial charge in [0, 0.05) is 19.2 Å². The lowest BCUT2D eigenvalue weighted by Crippen LogP contribution is -2.23. The number of hydrogen-bond donors (Lipinski definition) is 4. The molecule has 0 atom stereocenters. The second kappa shape index (κ2) is 9.72. The lowest BCUT2D eigenvalue weighted by molar-refractivity contribution is 0.102. The largest absolute Gasteiger partial charge is 0.506 e. The molecule has 0 saturated heterocycles. The molecule has 4 rings (SSSR count). The van der Waals surface area contributed by atoms with Crippen LogP contribution in [0, 0.1) is 6.92 Å². The van der Waals surface area contributed by atoms with Gasteiger partial charge in [-0.25, -0.2) is 13.1 Å². The average Bonchev–Trinajstić information content (AvgIpc) is 3.08. The maximum atomic E-state index is 13.0. The predicted octanol–water partition coefficient (Wildman–Crippen LogP) is 2.70. The van der Waals surface area contributed by atoms with Crippen molar-refractivity contribution in [3.05, 3.63) is 100.0 Å². The van der Waals surface area contributed by atoms with Gasteiger partial charge >= 0.3 is 0 Å². The van der Waals surface area contributed by atoms with Crippen molar-refractivity contribution < 1.29 is 18.3 Å². The van der Waals surface area contributed by atoms with E-state index in [0.29, 0.717) is 16.9 Å². The van der Waals surface area contributed by atoms with Gasteiger partial charge in [0.15, 0.2) is 0 Å². The lowest BCUT2D eigenvalue weighted by Gasteiger charge is -2.10. The Balaban J connectivity index is 1.56. The van der Waals surface area contributed by atoms with E-state index in [-0.39, 0.29) is 34.1 Å². The van der Waals surface area contributed by atoms with E-state index in [0.717, 1.165) is 0 Å². The summed E-state index contributed by atoms with van der Waals surface area (Å²) in [6.07, 6.45) is 0. The third-order valence-electron chi connectivity index (χ3n) is 5.76. The first-order valence-electron chi connectivity index (χ1n) is 10.9. The van der Waals surface area contributed by atoms with Crippen LogP contribution in [0.1, 0.15) is 21.6 Å².